The maximum Gasteiger partial charge on any atom is 0.263 e. The van der Waals surface area contributed by atoms with Crippen LogP contribution in [0.3, 0.4) is 0 Å². The monoisotopic (exact) mass is 389 g/mol. The number of rotatable bonds is 6. The van der Waals surface area contributed by atoms with Gasteiger partial charge in [0.15, 0.2) is 5.60 Å². The summed E-state index contributed by atoms with van der Waals surface area (Å²) < 4.78 is 16.6. The van der Waals surface area contributed by atoms with Gasteiger partial charge in [-0.25, -0.2) is 0 Å². The van der Waals surface area contributed by atoms with Crippen molar-refractivity contribution in [2.24, 2.45) is 17.8 Å². The quantitative estimate of drug-likeness (QED) is 0.782. The van der Waals surface area contributed by atoms with E-state index in [4.69, 9.17) is 14.2 Å². The molecular weight excluding hydrogens is 358 g/mol. The second-order valence-electron chi connectivity index (χ2n) is 9.35. The largest absolute Gasteiger partial charge is 0.496 e. The first-order chi connectivity index (χ1) is 13.2. The summed E-state index contributed by atoms with van der Waals surface area (Å²) in [6.07, 6.45) is 4.77. The van der Waals surface area contributed by atoms with Crippen LogP contribution in [0.15, 0.2) is 18.2 Å². The fraction of sp³-hybridized carbons (Fsp3) is 0.682. The molecule has 1 amide bonds. The third kappa shape index (κ3) is 3.54. The van der Waals surface area contributed by atoms with Gasteiger partial charge in [-0.2, -0.15) is 0 Å². The Balaban J connectivity index is 1.46. The van der Waals surface area contributed by atoms with Crippen LogP contribution >= 0.6 is 0 Å². The molecule has 4 fully saturated rings. The zero-order valence-corrected chi connectivity index (χ0v) is 17.2. The molecule has 4 bridgehead atoms. The molecule has 0 aliphatic heterocycles. The van der Waals surface area contributed by atoms with E-state index in [9.17, 15) is 9.90 Å². The van der Waals surface area contributed by atoms with E-state index in [0.29, 0.717) is 35.0 Å². The van der Waals surface area contributed by atoms with Crippen LogP contribution in [-0.2, 0) is 4.79 Å². The van der Waals surface area contributed by atoms with Gasteiger partial charge in [0.1, 0.15) is 17.2 Å². The van der Waals surface area contributed by atoms with Crippen LogP contribution in [0.5, 0.6) is 17.2 Å². The van der Waals surface area contributed by atoms with Crippen LogP contribution in [0.1, 0.15) is 46.0 Å². The van der Waals surface area contributed by atoms with E-state index >= 15 is 0 Å². The maximum absolute atomic E-state index is 13.1. The van der Waals surface area contributed by atoms with Crippen molar-refractivity contribution in [3.05, 3.63) is 18.2 Å². The number of carbonyl (C=O) groups excluding carboxylic acids is 1. The zero-order valence-electron chi connectivity index (χ0n) is 17.2. The van der Waals surface area contributed by atoms with Crippen LogP contribution in [0.2, 0.25) is 0 Å². The molecule has 4 aliphatic carbocycles. The lowest BCUT2D eigenvalue weighted by atomic mass is 9.52. The first kappa shape index (κ1) is 19.4. The molecule has 4 saturated carbocycles. The fourth-order valence-corrected chi connectivity index (χ4v) is 5.72. The van der Waals surface area contributed by atoms with E-state index in [1.807, 2.05) is 0 Å². The Kier molecular flexibility index (Phi) is 4.73. The van der Waals surface area contributed by atoms with Gasteiger partial charge in [0.2, 0.25) is 0 Å². The van der Waals surface area contributed by atoms with Crippen molar-refractivity contribution in [3.63, 3.8) is 0 Å². The lowest BCUT2D eigenvalue weighted by Crippen LogP contribution is -2.63. The number of amides is 1. The molecule has 0 radical (unpaired) electrons. The number of carbonyl (C=O) groups is 1. The number of nitrogens with one attached hydrogen (secondary N) is 1. The first-order valence-electron chi connectivity index (χ1n) is 10.2. The average Bonchev–Trinajstić information content (AvgIpc) is 2.62. The number of methoxy groups -OCH3 is 2. The van der Waals surface area contributed by atoms with Crippen molar-refractivity contribution in [1.29, 1.82) is 0 Å². The van der Waals surface area contributed by atoms with E-state index in [0.717, 1.165) is 32.1 Å². The smallest absolute Gasteiger partial charge is 0.263 e. The van der Waals surface area contributed by atoms with Gasteiger partial charge >= 0.3 is 0 Å². The van der Waals surface area contributed by atoms with Gasteiger partial charge in [0, 0.05) is 24.2 Å². The number of aliphatic hydroxyl groups is 1. The molecule has 5 rings (SSSR count). The highest BCUT2D eigenvalue weighted by Crippen LogP contribution is 2.55. The Hall–Kier alpha value is -1.95. The van der Waals surface area contributed by atoms with Crippen molar-refractivity contribution >= 4 is 5.91 Å². The van der Waals surface area contributed by atoms with E-state index in [1.54, 1.807) is 46.3 Å². The van der Waals surface area contributed by atoms with Crippen molar-refractivity contribution in [2.45, 2.75) is 63.2 Å². The van der Waals surface area contributed by atoms with E-state index in [2.05, 4.69) is 5.32 Å². The van der Waals surface area contributed by atoms with Crippen molar-refractivity contribution in [3.8, 4) is 17.2 Å². The predicted octanol–water partition coefficient (Wildman–Crippen LogP) is 2.92. The summed E-state index contributed by atoms with van der Waals surface area (Å²) in [7, 11) is 3.16. The second-order valence-corrected chi connectivity index (χ2v) is 9.35. The fourth-order valence-electron chi connectivity index (χ4n) is 5.72. The lowest BCUT2D eigenvalue weighted by Gasteiger charge is -2.58. The van der Waals surface area contributed by atoms with Gasteiger partial charge in [-0.15, -0.1) is 0 Å². The molecule has 154 valence electrons. The Morgan fingerprint density at radius 3 is 2.07 bits per heavy atom. The normalized spacial score (nSPS) is 33.5. The molecule has 3 unspecified atom stereocenters. The first-order valence-corrected chi connectivity index (χ1v) is 10.2. The molecule has 0 heterocycles. The van der Waals surface area contributed by atoms with Crippen molar-refractivity contribution in [1.82, 2.24) is 5.32 Å². The Morgan fingerprint density at radius 1 is 1.04 bits per heavy atom. The SMILES string of the molecule is COc1cc(OC)cc(OC(C)(C)C(=O)NC2[C@@H]3CC4C[C@H]2CC(O)(C4)C3)c1. The molecule has 6 heteroatoms. The zero-order chi connectivity index (χ0) is 20.1. The predicted molar refractivity (Wildman–Crippen MR) is 105 cm³/mol. The molecule has 2 N–H and O–H groups in total. The summed E-state index contributed by atoms with van der Waals surface area (Å²) in [5, 5.41) is 14.0. The minimum atomic E-state index is -1.04. The molecule has 1 aromatic rings. The summed E-state index contributed by atoms with van der Waals surface area (Å²) in [4.78, 5) is 13.1. The summed E-state index contributed by atoms with van der Waals surface area (Å²) in [5.41, 5.74) is -1.54. The Bertz CT molecular complexity index is 723. The van der Waals surface area contributed by atoms with Gasteiger partial charge < -0.3 is 24.6 Å². The minimum Gasteiger partial charge on any atom is -0.496 e. The van der Waals surface area contributed by atoms with Crippen molar-refractivity contribution < 1.29 is 24.1 Å². The Morgan fingerprint density at radius 2 is 1.57 bits per heavy atom. The van der Waals surface area contributed by atoms with Crippen LogP contribution in [-0.4, -0.2) is 42.5 Å². The molecule has 1 aromatic carbocycles. The third-order valence-electron chi connectivity index (χ3n) is 6.78. The van der Waals surface area contributed by atoms with Crippen LogP contribution in [0, 0.1) is 17.8 Å². The summed E-state index contributed by atoms with van der Waals surface area (Å²) in [6.45, 7) is 3.55. The molecule has 0 spiro atoms. The maximum atomic E-state index is 13.1. The number of ether oxygens (including phenoxy) is 3. The summed E-state index contributed by atoms with van der Waals surface area (Å²) in [6, 6.07) is 5.39. The standard InChI is InChI=1S/C22H31NO5/c1-21(2,28-18-8-16(26-3)7-17(9-18)27-4)20(24)23-19-14-5-13-6-15(19)12-22(25,10-13)11-14/h7-9,13-15,19,25H,5-6,10-12H2,1-4H3,(H,23,24)/t13?,14-,15+,19?,22?. The lowest BCUT2D eigenvalue weighted by molar-refractivity contribution is -0.152. The van der Waals surface area contributed by atoms with Crippen LogP contribution in [0.4, 0.5) is 0 Å². The highest BCUT2D eigenvalue weighted by atomic mass is 16.5. The molecular formula is C22H31NO5. The van der Waals surface area contributed by atoms with E-state index in [1.165, 1.54) is 0 Å². The molecule has 4 aliphatic rings. The van der Waals surface area contributed by atoms with E-state index in [-0.39, 0.29) is 11.9 Å². The van der Waals surface area contributed by atoms with E-state index < -0.39 is 11.2 Å². The molecule has 28 heavy (non-hydrogen) atoms. The Labute approximate surface area is 166 Å². The molecule has 0 aromatic heterocycles. The van der Waals surface area contributed by atoms with Gasteiger partial charge in [0.05, 0.1) is 19.8 Å². The highest BCUT2D eigenvalue weighted by molar-refractivity contribution is 5.85. The van der Waals surface area contributed by atoms with Crippen LogP contribution < -0.4 is 19.5 Å². The van der Waals surface area contributed by atoms with Gasteiger partial charge in [-0.1, -0.05) is 0 Å². The van der Waals surface area contributed by atoms with Gasteiger partial charge in [-0.05, 0) is 63.7 Å². The minimum absolute atomic E-state index is 0.126. The van der Waals surface area contributed by atoms with Crippen LogP contribution in [0.25, 0.3) is 0 Å². The van der Waals surface area contributed by atoms with Crippen molar-refractivity contribution in [2.75, 3.05) is 14.2 Å². The number of hydrogen-bond donors (Lipinski definition) is 2. The number of hydrogen-bond acceptors (Lipinski definition) is 5. The van der Waals surface area contributed by atoms with Gasteiger partial charge in [0.25, 0.3) is 5.91 Å². The second kappa shape index (κ2) is 6.83. The highest BCUT2D eigenvalue weighted by Gasteiger charge is 2.55. The summed E-state index contributed by atoms with van der Waals surface area (Å²) in [5.74, 6) is 2.97. The average molecular weight is 389 g/mol. The topological polar surface area (TPSA) is 77.0 Å². The number of benzene rings is 1. The summed E-state index contributed by atoms with van der Waals surface area (Å²) >= 11 is 0. The van der Waals surface area contributed by atoms with Gasteiger partial charge in [-0.3, -0.25) is 4.79 Å². The third-order valence-corrected chi connectivity index (χ3v) is 6.78. The molecule has 0 saturated heterocycles. The molecule has 6 nitrogen and oxygen atoms in total. The molecule has 5 atom stereocenters.